The summed E-state index contributed by atoms with van der Waals surface area (Å²) in [4.78, 5) is 4.38. The second-order valence-corrected chi connectivity index (χ2v) is 4.45. The topological polar surface area (TPSA) is 53.7 Å². The van der Waals surface area contributed by atoms with E-state index in [4.69, 9.17) is 18.6 Å². The number of hydrogen-bond donors (Lipinski definition) is 0. The number of benzene rings is 1. The molecule has 0 unspecified atom stereocenters. The van der Waals surface area contributed by atoms with E-state index >= 15 is 0 Å². The average molecular weight is 277 g/mol. The first-order valence-electron chi connectivity index (χ1n) is 6.30. The monoisotopic (exact) mass is 277 g/mol. The number of methoxy groups -OCH3 is 3. The molecule has 0 radical (unpaired) electrons. The predicted octanol–water partition coefficient (Wildman–Crippen LogP) is 2.91. The SMILES string of the molecule is COc1cc(Cc2nc(C)oc2C)cc(OC)c1OC. The molecule has 1 heterocycles. The van der Waals surface area contributed by atoms with Gasteiger partial charge < -0.3 is 18.6 Å². The Morgan fingerprint density at radius 3 is 2.00 bits per heavy atom. The molecule has 20 heavy (non-hydrogen) atoms. The largest absolute Gasteiger partial charge is 0.493 e. The molecule has 0 fully saturated rings. The van der Waals surface area contributed by atoms with Crippen LogP contribution in [-0.4, -0.2) is 26.3 Å². The third-order valence-corrected chi connectivity index (χ3v) is 3.10. The van der Waals surface area contributed by atoms with Crippen LogP contribution in [0, 0.1) is 13.8 Å². The van der Waals surface area contributed by atoms with Gasteiger partial charge in [0.1, 0.15) is 5.76 Å². The molecular weight excluding hydrogens is 258 g/mol. The van der Waals surface area contributed by atoms with Crippen LogP contribution in [0.4, 0.5) is 0 Å². The molecule has 0 aliphatic carbocycles. The number of rotatable bonds is 5. The average Bonchev–Trinajstić information content (AvgIpc) is 2.75. The maximum absolute atomic E-state index is 5.45. The lowest BCUT2D eigenvalue weighted by Gasteiger charge is -2.13. The molecule has 2 rings (SSSR count). The molecule has 1 aromatic heterocycles. The van der Waals surface area contributed by atoms with E-state index < -0.39 is 0 Å². The molecule has 0 amide bonds. The quantitative estimate of drug-likeness (QED) is 0.841. The van der Waals surface area contributed by atoms with Gasteiger partial charge in [0.2, 0.25) is 5.75 Å². The Hall–Kier alpha value is -2.17. The van der Waals surface area contributed by atoms with E-state index in [0.29, 0.717) is 29.6 Å². The van der Waals surface area contributed by atoms with Crippen LogP contribution >= 0.6 is 0 Å². The molecule has 1 aromatic carbocycles. The van der Waals surface area contributed by atoms with Crippen LogP contribution in [0.3, 0.4) is 0 Å². The van der Waals surface area contributed by atoms with Crippen LogP contribution in [0.5, 0.6) is 17.2 Å². The van der Waals surface area contributed by atoms with Gasteiger partial charge >= 0.3 is 0 Å². The highest BCUT2D eigenvalue weighted by atomic mass is 16.5. The van der Waals surface area contributed by atoms with Gasteiger partial charge in [0.05, 0.1) is 27.0 Å². The first-order valence-corrected chi connectivity index (χ1v) is 6.30. The van der Waals surface area contributed by atoms with E-state index in [2.05, 4.69) is 4.98 Å². The number of aryl methyl sites for hydroxylation is 2. The molecule has 5 nitrogen and oxygen atoms in total. The van der Waals surface area contributed by atoms with Crippen molar-refractivity contribution in [1.29, 1.82) is 0 Å². The molecule has 0 saturated carbocycles. The van der Waals surface area contributed by atoms with E-state index in [9.17, 15) is 0 Å². The Balaban J connectivity index is 2.39. The first-order chi connectivity index (χ1) is 9.58. The Labute approximate surface area is 118 Å². The lowest BCUT2D eigenvalue weighted by molar-refractivity contribution is 0.324. The zero-order valence-electron chi connectivity index (χ0n) is 12.4. The number of ether oxygens (including phenoxy) is 3. The predicted molar refractivity (Wildman–Crippen MR) is 74.9 cm³/mol. The van der Waals surface area contributed by atoms with E-state index in [1.54, 1.807) is 21.3 Å². The Bertz CT molecular complexity index is 579. The van der Waals surface area contributed by atoms with Gasteiger partial charge in [-0.25, -0.2) is 4.98 Å². The highest BCUT2D eigenvalue weighted by Crippen LogP contribution is 2.38. The van der Waals surface area contributed by atoms with Crippen LogP contribution < -0.4 is 14.2 Å². The lowest BCUT2D eigenvalue weighted by Crippen LogP contribution is -1.98. The zero-order valence-corrected chi connectivity index (χ0v) is 12.4. The van der Waals surface area contributed by atoms with E-state index in [1.165, 1.54) is 0 Å². The minimum absolute atomic E-state index is 0.590. The van der Waals surface area contributed by atoms with E-state index in [1.807, 2.05) is 26.0 Å². The van der Waals surface area contributed by atoms with Crippen molar-refractivity contribution in [2.45, 2.75) is 20.3 Å². The van der Waals surface area contributed by atoms with Gasteiger partial charge in [0.25, 0.3) is 0 Å². The third-order valence-electron chi connectivity index (χ3n) is 3.10. The van der Waals surface area contributed by atoms with E-state index in [0.717, 1.165) is 17.0 Å². The van der Waals surface area contributed by atoms with Crippen molar-refractivity contribution in [2.75, 3.05) is 21.3 Å². The number of nitrogens with zero attached hydrogens (tertiary/aromatic N) is 1. The van der Waals surface area contributed by atoms with Crippen molar-refractivity contribution in [3.63, 3.8) is 0 Å². The maximum Gasteiger partial charge on any atom is 0.203 e. The van der Waals surface area contributed by atoms with Gasteiger partial charge in [-0.1, -0.05) is 0 Å². The summed E-state index contributed by atoms with van der Waals surface area (Å²) >= 11 is 0. The smallest absolute Gasteiger partial charge is 0.203 e. The molecule has 0 atom stereocenters. The van der Waals surface area contributed by atoms with E-state index in [-0.39, 0.29) is 0 Å². The molecule has 0 bridgehead atoms. The van der Waals surface area contributed by atoms with Crippen LogP contribution in [0.1, 0.15) is 22.9 Å². The molecule has 0 aliphatic rings. The Kier molecular flexibility index (Phi) is 4.17. The summed E-state index contributed by atoms with van der Waals surface area (Å²) < 4.78 is 21.4. The molecule has 0 N–H and O–H groups in total. The third kappa shape index (κ3) is 2.71. The van der Waals surface area contributed by atoms with Crippen LogP contribution in [0.2, 0.25) is 0 Å². The maximum atomic E-state index is 5.45. The summed E-state index contributed by atoms with van der Waals surface area (Å²) in [6, 6.07) is 3.84. The second-order valence-electron chi connectivity index (χ2n) is 4.45. The fourth-order valence-electron chi connectivity index (χ4n) is 2.17. The fraction of sp³-hybridized carbons (Fsp3) is 0.400. The van der Waals surface area contributed by atoms with Gasteiger partial charge in [-0.05, 0) is 24.6 Å². The van der Waals surface area contributed by atoms with Crippen LogP contribution in [0.15, 0.2) is 16.5 Å². The lowest BCUT2D eigenvalue weighted by atomic mass is 10.1. The number of hydrogen-bond acceptors (Lipinski definition) is 5. The van der Waals surface area contributed by atoms with Crippen LogP contribution in [-0.2, 0) is 6.42 Å². The first kappa shape index (κ1) is 14.2. The highest BCUT2D eigenvalue weighted by molar-refractivity contribution is 5.54. The number of aromatic nitrogens is 1. The van der Waals surface area contributed by atoms with Gasteiger partial charge in [-0.3, -0.25) is 0 Å². The molecule has 5 heteroatoms. The minimum atomic E-state index is 0.590. The summed E-state index contributed by atoms with van der Waals surface area (Å²) in [6.07, 6.45) is 0.653. The Morgan fingerprint density at radius 1 is 1.00 bits per heavy atom. The van der Waals surface area contributed by atoms with Crippen molar-refractivity contribution < 1.29 is 18.6 Å². The molecule has 0 saturated heterocycles. The number of oxazole rings is 1. The summed E-state index contributed by atoms with van der Waals surface area (Å²) in [7, 11) is 4.80. The van der Waals surface area contributed by atoms with Gasteiger partial charge in [0, 0.05) is 13.3 Å². The minimum Gasteiger partial charge on any atom is -0.493 e. The highest BCUT2D eigenvalue weighted by Gasteiger charge is 2.15. The van der Waals surface area contributed by atoms with Crippen molar-refractivity contribution in [1.82, 2.24) is 4.98 Å². The molecule has 108 valence electrons. The summed E-state index contributed by atoms with van der Waals surface area (Å²) in [5.41, 5.74) is 1.94. The van der Waals surface area contributed by atoms with Gasteiger partial charge in [-0.2, -0.15) is 0 Å². The normalized spacial score (nSPS) is 10.4. The molecular formula is C15H19NO4. The van der Waals surface area contributed by atoms with Crippen molar-refractivity contribution in [3.8, 4) is 17.2 Å². The van der Waals surface area contributed by atoms with Crippen molar-refractivity contribution >= 4 is 0 Å². The van der Waals surface area contributed by atoms with Crippen molar-refractivity contribution in [2.24, 2.45) is 0 Å². The summed E-state index contributed by atoms with van der Waals surface area (Å²) in [6.45, 7) is 3.75. The van der Waals surface area contributed by atoms with Crippen molar-refractivity contribution in [3.05, 3.63) is 35.0 Å². The van der Waals surface area contributed by atoms with Gasteiger partial charge in [0.15, 0.2) is 17.4 Å². The molecule has 2 aromatic rings. The van der Waals surface area contributed by atoms with Crippen LogP contribution in [0.25, 0.3) is 0 Å². The fourth-order valence-corrected chi connectivity index (χ4v) is 2.17. The second kappa shape index (κ2) is 5.86. The zero-order chi connectivity index (χ0) is 14.7. The molecule has 0 spiro atoms. The summed E-state index contributed by atoms with van der Waals surface area (Å²) in [5, 5.41) is 0. The standard InChI is InChI=1S/C15H19NO4/c1-9-12(16-10(2)20-9)6-11-7-13(17-3)15(19-5)14(8-11)18-4/h7-8H,6H2,1-5H3. The van der Waals surface area contributed by atoms with Gasteiger partial charge in [-0.15, -0.1) is 0 Å². The summed E-state index contributed by atoms with van der Waals surface area (Å²) in [5.74, 6) is 3.37. The Morgan fingerprint density at radius 2 is 1.60 bits per heavy atom. The molecule has 0 aliphatic heterocycles.